The third-order valence-electron chi connectivity index (χ3n) is 4.63. The van der Waals surface area contributed by atoms with Gasteiger partial charge < -0.3 is 14.6 Å². The average molecular weight is 212 g/mol. The minimum atomic E-state index is -0.765. The first kappa shape index (κ1) is 9.60. The van der Waals surface area contributed by atoms with Gasteiger partial charge >= 0.3 is 5.97 Å². The minimum absolute atomic E-state index is 0.0244. The van der Waals surface area contributed by atoms with Crippen molar-refractivity contribution < 1.29 is 19.4 Å². The second kappa shape index (κ2) is 2.95. The van der Waals surface area contributed by atoms with Gasteiger partial charge in [-0.3, -0.25) is 4.79 Å². The van der Waals surface area contributed by atoms with Crippen LogP contribution in [0.4, 0.5) is 0 Å². The molecular formula is C11H16O4. The molecule has 2 bridgehead atoms. The summed E-state index contributed by atoms with van der Waals surface area (Å²) in [7, 11) is 1.42. The zero-order valence-electron chi connectivity index (χ0n) is 8.92. The number of carbonyl (C=O) groups is 1. The van der Waals surface area contributed by atoms with Gasteiger partial charge in [-0.2, -0.15) is 0 Å². The summed E-state index contributed by atoms with van der Waals surface area (Å²) in [5.41, 5.74) is 0. The van der Waals surface area contributed by atoms with Crippen molar-refractivity contribution in [2.45, 2.75) is 25.7 Å². The number of carbonyl (C=O) groups excluding carboxylic acids is 1. The standard InChI is InChI=1S/C11H16O4/c1-4-5-3-6-8(7(5)10(12)14-2)11(13)15-9(4)6/h4-9,11,13H,3H2,1-2H3. The van der Waals surface area contributed by atoms with Gasteiger partial charge in [0.2, 0.25) is 0 Å². The quantitative estimate of drug-likeness (QED) is 0.639. The van der Waals surface area contributed by atoms with Crippen LogP contribution in [0.25, 0.3) is 0 Å². The van der Waals surface area contributed by atoms with Crippen molar-refractivity contribution in [3.63, 3.8) is 0 Å². The highest BCUT2D eigenvalue weighted by Crippen LogP contribution is 2.61. The first-order valence-electron chi connectivity index (χ1n) is 5.56. The molecule has 15 heavy (non-hydrogen) atoms. The second-order valence-electron chi connectivity index (χ2n) is 5.04. The summed E-state index contributed by atoms with van der Waals surface area (Å²) in [6.07, 6.45) is 0.405. The Balaban J connectivity index is 1.95. The number of aliphatic hydroxyl groups is 1. The van der Waals surface area contributed by atoms with E-state index in [4.69, 9.17) is 9.47 Å². The number of hydrogen-bond donors (Lipinski definition) is 1. The van der Waals surface area contributed by atoms with Gasteiger partial charge in [0.15, 0.2) is 6.29 Å². The lowest BCUT2D eigenvalue weighted by molar-refractivity contribution is -0.153. The van der Waals surface area contributed by atoms with Crippen LogP contribution in [0.15, 0.2) is 0 Å². The van der Waals surface area contributed by atoms with E-state index in [0.717, 1.165) is 6.42 Å². The Morgan fingerprint density at radius 1 is 1.47 bits per heavy atom. The first-order chi connectivity index (χ1) is 7.15. The maximum atomic E-state index is 11.7. The summed E-state index contributed by atoms with van der Waals surface area (Å²) in [6.45, 7) is 2.11. The monoisotopic (exact) mass is 212 g/mol. The molecule has 3 rings (SSSR count). The number of ether oxygens (including phenoxy) is 2. The normalized spacial score (nSPS) is 56.1. The molecule has 2 aliphatic carbocycles. The molecule has 2 saturated carbocycles. The number of fused-ring (bicyclic) bond motifs is 1. The predicted molar refractivity (Wildman–Crippen MR) is 50.6 cm³/mol. The molecule has 0 aromatic carbocycles. The lowest BCUT2D eigenvalue weighted by atomic mass is 9.75. The number of methoxy groups -OCH3 is 1. The van der Waals surface area contributed by atoms with Gasteiger partial charge in [0.05, 0.1) is 19.1 Å². The van der Waals surface area contributed by atoms with Crippen LogP contribution < -0.4 is 0 Å². The molecule has 0 aromatic rings. The van der Waals surface area contributed by atoms with Crippen LogP contribution in [0.2, 0.25) is 0 Å². The molecule has 1 aliphatic heterocycles. The predicted octanol–water partition coefficient (Wildman–Crippen LogP) is 0.395. The Labute approximate surface area is 88.6 Å². The van der Waals surface area contributed by atoms with Gasteiger partial charge in [-0.15, -0.1) is 0 Å². The van der Waals surface area contributed by atoms with E-state index in [2.05, 4.69) is 6.92 Å². The lowest BCUT2D eigenvalue weighted by Gasteiger charge is -2.29. The fraction of sp³-hybridized carbons (Fsp3) is 0.909. The fourth-order valence-corrected chi connectivity index (χ4v) is 4.03. The van der Waals surface area contributed by atoms with E-state index in [1.165, 1.54) is 7.11 Å². The maximum absolute atomic E-state index is 11.7. The van der Waals surface area contributed by atoms with E-state index in [-0.39, 0.29) is 23.9 Å². The zero-order valence-corrected chi connectivity index (χ0v) is 8.92. The average Bonchev–Trinajstić information content (AvgIpc) is 2.80. The van der Waals surface area contributed by atoms with Crippen molar-refractivity contribution in [3.05, 3.63) is 0 Å². The smallest absolute Gasteiger partial charge is 0.309 e. The van der Waals surface area contributed by atoms with Crippen molar-refractivity contribution in [1.29, 1.82) is 0 Å². The van der Waals surface area contributed by atoms with Crippen LogP contribution in [0, 0.1) is 29.6 Å². The highest BCUT2D eigenvalue weighted by Gasteiger charge is 2.66. The SMILES string of the molecule is COC(=O)C1C2CC3C(OC(O)C31)C2C. The zero-order chi connectivity index (χ0) is 10.7. The van der Waals surface area contributed by atoms with Gasteiger partial charge in [0.1, 0.15) is 0 Å². The molecule has 4 heteroatoms. The van der Waals surface area contributed by atoms with Crippen molar-refractivity contribution in [2.75, 3.05) is 7.11 Å². The highest BCUT2D eigenvalue weighted by atomic mass is 16.6. The summed E-state index contributed by atoms with van der Waals surface area (Å²) < 4.78 is 10.4. The lowest BCUT2D eigenvalue weighted by Crippen LogP contribution is -2.37. The van der Waals surface area contributed by atoms with E-state index < -0.39 is 6.29 Å². The molecule has 0 spiro atoms. The highest BCUT2D eigenvalue weighted by molar-refractivity contribution is 5.74. The molecule has 7 atom stereocenters. The van der Waals surface area contributed by atoms with Gasteiger partial charge in [-0.05, 0) is 24.2 Å². The van der Waals surface area contributed by atoms with E-state index in [1.807, 2.05) is 0 Å². The third kappa shape index (κ3) is 1.01. The van der Waals surface area contributed by atoms with Gasteiger partial charge in [-0.25, -0.2) is 0 Å². The molecular weight excluding hydrogens is 196 g/mol. The Hall–Kier alpha value is -0.610. The van der Waals surface area contributed by atoms with E-state index in [0.29, 0.717) is 17.8 Å². The third-order valence-corrected chi connectivity index (χ3v) is 4.63. The molecule has 7 unspecified atom stereocenters. The van der Waals surface area contributed by atoms with Crippen molar-refractivity contribution in [2.24, 2.45) is 29.6 Å². The number of esters is 1. The molecule has 84 valence electrons. The fourth-order valence-electron chi connectivity index (χ4n) is 4.03. The summed E-state index contributed by atoms with van der Waals surface area (Å²) in [5.74, 6) is 0.723. The van der Waals surface area contributed by atoms with E-state index in [9.17, 15) is 9.90 Å². The molecule has 0 amide bonds. The van der Waals surface area contributed by atoms with E-state index in [1.54, 1.807) is 0 Å². The number of rotatable bonds is 1. The molecule has 1 saturated heterocycles. The molecule has 3 fully saturated rings. The van der Waals surface area contributed by atoms with Crippen molar-refractivity contribution in [1.82, 2.24) is 0 Å². The van der Waals surface area contributed by atoms with Crippen LogP contribution in [-0.2, 0) is 14.3 Å². The van der Waals surface area contributed by atoms with Crippen LogP contribution >= 0.6 is 0 Å². The summed E-state index contributed by atoms with van der Waals surface area (Å²) in [4.78, 5) is 11.7. The van der Waals surface area contributed by atoms with Crippen LogP contribution in [0.5, 0.6) is 0 Å². The van der Waals surface area contributed by atoms with Crippen LogP contribution in [-0.4, -0.2) is 30.6 Å². The molecule has 0 aromatic heterocycles. The second-order valence-corrected chi connectivity index (χ2v) is 5.04. The summed E-state index contributed by atoms with van der Waals surface area (Å²) in [6, 6.07) is 0. The molecule has 1 N–H and O–H groups in total. The first-order valence-corrected chi connectivity index (χ1v) is 5.56. The molecule has 4 nitrogen and oxygen atoms in total. The van der Waals surface area contributed by atoms with Crippen molar-refractivity contribution >= 4 is 5.97 Å². The topological polar surface area (TPSA) is 55.8 Å². The Morgan fingerprint density at radius 3 is 2.87 bits per heavy atom. The number of aliphatic hydroxyl groups excluding tert-OH is 1. The summed E-state index contributed by atoms with van der Waals surface area (Å²) >= 11 is 0. The molecule has 3 aliphatic rings. The van der Waals surface area contributed by atoms with Gasteiger partial charge in [-0.1, -0.05) is 6.92 Å². The Kier molecular flexibility index (Phi) is 1.89. The Bertz CT molecular complexity index is 303. The van der Waals surface area contributed by atoms with Crippen LogP contribution in [0.1, 0.15) is 13.3 Å². The van der Waals surface area contributed by atoms with E-state index >= 15 is 0 Å². The Morgan fingerprint density at radius 2 is 2.20 bits per heavy atom. The molecule has 1 heterocycles. The number of hydrogen-bond acceptors (Lipinski definition) is 4. The minimum Gasteiger partial charge on any atom is -0.469 e. The van der Waals surface area contributed by atoms with Gasteiger partial charge in [0.25, 0.3) is 0 Å². The van der Waals surface area contributed by atoms with Crippen molar-refractivity contribution in [3.8, 4) is 0 Å². The van der Waals surface area contributed by atoms with Crippen LogP contribution in [0.3, 0.4) is 0 Å². The summed E-state index contributed by atoms with van der Waals surface area (Å²) in [5, 5.41) is 9.80. The largest absolute Gasteiger partial charge is 0.469 e. The maximum Gasteiger partial charge on any atom is 0.309 e. The van der Waals surface area contributed by atoms with Gasteiger partial charge in [0, 0.05) is 5.92 Å². The molecule has 0 radical (unpaired) electrons.